The maximum atomic E-state index is 13.3. The van der Waals surface area contributed by atoms with Crippen LogP contribution in [0.25, 0.3) is 0 Å². The van der Waals surface area contributed by atoms with Crippen LogP contribution in [0.3, 0.4) is 0 Å². The first kappa shape index (κ1) is 18.5. The number of aromatic nitrogens is 2. The van der Waals surface area contributed by atoms with Crippen LogP contribution >= 0.6 is 23.2 Å². The summed E-state index contributed by atoms with van der Waals surface area (Å²) in [4.78, 5) is 26.1. The van der Waals surface area contributed by atoms with Gasteiger partial charge in [-0.05, 0) is 49.4 Å². The number of hydrogen-bond acceptors (Lipinski definition) is 4. The van der Waals surface area contributed by atoms with Crippen LogP contribution in [0.2, 0.25) is 10.0 Å². The van der Waals surface area contributed by atoms with E-state index in [-0.39, 0.29) is 17.9 Å². The summed E-state index contributed by atoms with van der Waals surface area (Å²) < 4.78 is 0. The van der Waals surface area contributed by atoms with Gasteiger partial charge < -0.3 is 9.80 Å². The van der Waals surface area contributed by atoms with Gasteiger partial charge in [0.2, 0.25) is 11.9 Å². The van der Waals surface area contributed by atoms with Crippen molar-refractivity contribution < 1.29 is 4.79 Å². The fourth-order valence-corrected chi connectivity index (χ4v) is 4.45. The zero-order valence-electron chi connectivity index (χ0n) is 15.0. The van der Waals surface area contributed by atoms with Gasteiger partial charge in [-0.2, -0.15) is 0 Å². The van der Waals surface area contributed by atoms with Gasteiger partial charge in [-0.15, -0.1) is 0 Å². The molecular weight excluding hydrogens is 383 g/mol. The van der Waals surface area contributed by atoms with Crippen LogP contribution in [-0.2, 0) is 4.79 Å². The molecule has 7 heteroatoms. The summed E-state index contributed by atoms with van der Waals surface area (Å²) in [6.45, 7) is 2.36. The molecule has 0 aliphatic carbocycles. The molecule has 2 unspecified atom stereocenters. The molecule has 0 spiro atoms. The number of rotatable bonds is 3. The first-order chi connectivity index (χ1) is 13.1. The second-order valence-corrected chi connectivity index (χ2v) is 8.01. The predicted octanol–water partition coefficient (Wildman–Crippen LogP) is 4.36. The molecule has 27 heavy (non-hydrogen) atoms. The number of hydrogen-bond donors (Lipinski definition) is 0. The number of halogens is 2. The van der Waals surface area contributed by atoms with Gasteiger partial charge in [-0.3, -0.25) is 4.79 Å². The molecule has 5 nitrogen and oxygen atoms in total. The summed E-state index contributed by atoms with van der Waals surface area (Å²) in [7, 11) is 0. The van der Waals surface area contributed by atoms with Crippen LogP contribution in [-0.4, -0.2) is 40.4 Å². The molecule has 142 valence electrons. The van der Waals surface area contributed by atoms with E-state index in [0.717, 1.165) is 44.3 Å². The van der Waals surface area contributed by atoms with Crippen LogP contribution < -0.4 is 4.90 Å². The predicted molar refractivity (Wildman–Crippen MR) is 107 cm³/mol. The molecule has 1 amide bonds. The fourth-order valence-electron chi connectivity index (χ4n) is 4.15. The van der Waals surface area contributed by atoms with Crippen molar-refractivity contribution in [3.63, 3.8) is 0 Å². The normalized spacial score (nSPS) is 22.9. The lowest BCUT2D eigenvalue weighted by Crippen LogP contribution is -2.45. The second-order valence-electron chi connectivity index (χ2n) is 7.20. The summed E-state index contributed by atoms with van der Waals surface area (Å²) in [6, 6.07) is 7.58. The summed E-state index contributed by atoms with van der Waals surface area (Å²) in [6.07, 6.45) is 7.34. The van der Waals surface area contributed by atoms with Crippen molar-refractivity contribution in [2.45, 2.75) is 31.7 Å². The molecule has 0 saturated carbocycles. The SMILES string of the molecule is O=C(C1CCCN(c2ncccn2)C1)N1CCCC1c1ccc(Cl)c(Cl)c1. The maximum Gasteiger partial charge on any atom is 0.227 e. The van der Waals surface area contributed by atoms with Crippen LogP contribution in [0.15, 0.2) is 36.7 Å². The summed E-state index contributed by atoms with van der Waals surface area (Å²) in [5.74, 6) is 0.910. The van der Waals surface area contributed by atoms with Gasteiger partial charge in [0.05, 0.1) is 22.0 Å². The number of carbonyl (C=O) groups is 1. The zero-order chi connectivity index (χ0) is 18.8. The Hall–Kier alpha value is -1.85. The van der Waals surface area contributed by atoms with E-state index in [1.54, 1.807) is 12.4 Å². The Balaban J connectivity index is 1.50. The molecule has 4 rings (SSSR count). The van der Waals surface area contributed by atoms with Crippen molar-refractivity contribution in [2.24, 2.45) is 5.92 Å². The van der Waals surface area contributed by atoms with Gasteiger partial charge in [-0.1, -0.05) is 29.3 Å². The van der Waals surface area contributed by atoms with E-state index in [2.05, 4.69) is 14.9 Å². The standard InChI is InChI=1S/C20H22Cl2N4O/c21-16-7-6-14(12-17(16)22)18-5-2-11-26(18)19(27)15-4-1-10-25(13-15)20-23-8-3-9-24-20/h3,6-9,12,15,18H,1-2,4-5,10-11,13H2. The highest BCUT2D eigenvalue weighted by Crippen LogP contribution is 2.36. The van der Waals surface area contributed by atoms with Crippen molar-refractivity contribution in [3.05, 3.63) is 52.3 Å². The van der Waals surface area contributed by atoms with E-state index in [0.29, 0.717) is 22.5 Å². The Morgan fingerprint density at radius 1 is 1.04 bits per heavy atom. The number of nitrogens with zero attached hydrogens (tertiary/aromatic N) is 4. The van der Waals surface area contributed by atoms with E-state index in [1.807, 2.05) is 29.2 Å². The Labute approximate surface area is 169 Å². The van der Waals surface area contributed by atoms with E-state index in [1.165, 1.54) is 0 Å². The lowest BCUT2D eigenvalue weighted by molar-refractivity contribution is -0.136. The molecule has 0 radical (unpaired) electrons. The number of anilines is 1. The van der Waals surface area contributed by atoms with Crippen molar-refractivity contribution >= 4 is 35.1 Å². The molecule has 2 fully saturated rings. The molecule has 2 aromatic rings. The number of piperidine rings is 1. The average Bonchev–Trinajstić information content (AvgIpc) is 3.20. The molecule has 1 aromatic carbocycles. The van der Waals surface area contributed by atoms with Gasteiger partial charge in [0.1, 0.15) is 0 Å². The van der Waals surface area contributed by atoms with Crippen molar-refractivity contribution in [1.29, 1.82) is 0 Å². The smallest absolute Gasteiger partial charge is 0.227 e. The van der Waals surface area contributed by atoms with Crippen molar-refractivity contribution in [2.75, 3.05) is 24.5 Å². The summed E-state index contributed by atoms with van der Waals surface area (Å²) >= 11 is 12.3. The zero-order valence-corrected chi connectivity index (χ0v) is 16.5. The van der Waals surface area contributed by atoms with Crippen LogP contribution in [0.4, 0.5) is 5.95 Å². The average molecular weight is 405 g/mol. The fraction of sp³-hybridized carbons (Fsp3) is 0.450. The number of carbonyl (C=O) groups excluding carboxylic acids is 1. The second kappa shape index (κ2) is 8.03. The lowest BCUT2D eigenvalue weighted by atomic mass is 9.95. The third-order valence-electron chi connectivity index (χ3n) is 5.47. The molecule has 1 aromatic heterocycles. The lowest BCUT2D eigenvalue weighted by Gasteiger charge is -2.35. The molecule has 2 aliphatic heterocycles. The third-order valence-corrected chi connectivity index (χ3v) is 6.21. The highest BCUT2D eigenvalue weighted by atomic mass is 35.5. The Morgan fingerprint density at radius 2 is 1.81 bits per heavy atom. The van der Waals surface area contributed by atoms with Gasteiger partial charge in [0.15, 0.2) is 0 Å². The van der Waals surface area contributed by atoms with E-state index in [9.17, 15) is 4.79 Å². The number of benzene rings is 1. The van der Waals surface area contributed by atoms with Gasteiger partial charge in [-0.25, -0.2) is 9.97 Å². The Morgan fingerprint density at radius 3 is 2.59 bits per heavy atom. The summed E-state index contributed by atoms with van der Waals surface area (Å²) in [5.41, 5.74) is 1.06. The molecule has 3 heterocycles. The van der Waals surface area contributed by atoms with Crippen molar-refractivity contribution in [1.82, 2.24) is 14.9 Å². The molecule has 2 saturated heterocycles. The maximum absolute atomic E-state index is 13.3. The minimum atomic E-state index is -0.0223. The van der Waals surface area contributed by atoms with Gasteiger partial charge >= 0.3 is 0 Å². The molecule has 0 N–H and O–H groups in total. The summed E-state index contributed by atoms with van der Waals surface area (Å²) in [5, 5.41) is 1.08. The van der Waals surface area contributed by atoms with Crippen LogP contribution in [0, 0.1) is 5.92 Å². The Kier molecular flexibility index (Phi) is 5.50. The topological polar surface area (TPSA) is 49.3 Å². The first-order valence-electron chi connectivity index (χ1n) is 9.41. The minimum Gasteiger partial charge on any atom is -0.340 e. The van der Waals surface area contributed by atoms with E-state index in [4.69, 9.17) is 23.2 Å². The third kappa shape index (κ3) is 3.90. The van der Waals surface area contributed by atoms with Crippen molar-refractivity contribution in [3.8, 4) is 0 Å². The highest BCUT2D eigenvalue weighted by Gasteiger charge is 2.36. The van der Waals surface area contributed by atoms with E-state index >= 15 is 0 Å². The molecular formula is C20H22Cl2N4O. The van der Waals surface area contributed by atoms with Crippen LogP contribution in [0.1, 0.15) is 37.3 Å². The molecule has 2 aliphatic rings. The number of likely N-dealkylation sites (tertiary alicyclic amines) is 1. The first-order valence-corrected chi connectivity index (χ1v) is 10.2. The van der Waals surface area contributed by atoms with Crippen LogP contribution in [0.5, 0.6) is 0 Å². The molecule has 2 atom stereocenters. The molecule has 0 bridgehead atoms. The van der Waals surface area contributed by atoms with Gasteiger partial charge in [0, 0.05) is 32.0 Å². The van der Waals surface area contributed by atoms with E-state index < -0.39 is 0 Å². The Bertz CT molecular complexity index is 817. The minimum absolute atomic E-state index is 0.0223. The number of amides is 1. The largest absolute Gasteiger partial charge is 0.340 e. The monoisotopic (exact) mass is 404 g/mol. The highest BCUT2D eigenvalue weighted by molar-refractivity contribution is 6.42. The van der Waals surface area contributed by atoms with Gasteiger partial charge in [0.25, 0.3) is 0 Å². The quantitative estimate of drug-likeness (QED) is 0.761.